The number of benzene rings is 1. The zero-order valence-electron chi connectivity index (χ0n) is 12.4. The van der Waals surface area contributed by atoms with E-state index in [9.17, 15) is 4.79 Å². The number of carbonyl (C=O) groups is 1. The monoisotopic (exact) mass is 287 g/mol. The van der Waals surface area contributed by atoms with Crippen molar-refractivity contribution in [1.82, 2.24) is 20.2 Å². The van der Waals surface area contributed by atoms with Crippen molar-refractivity contribution in [2.24, 2.45) is 5.84 Å². The Morgan fingerprint density at radius 2 is 2.00 bits per heavy atom. The summed E-state index contributed by atoms with van der Waals surface area (Å²) in [5.74, 6) is 6.40. The van der Waals surface area contributed by atoms with Gasteiger partial charge in [0.15, 0.2) is 5.82 Å². The van der Waals surface area contributed by atoms with Crippen LogP contribution in [0, 0.1) is 0 Å². The first kappa shape index (κ1) is 15.2. The fraction of sp³-hybridized carbons (Fsp3) is 0.400. The van der Waals surface area contributed by atoms with E-state index in [1.807, 2.05) is 48.9 Å². The Hall–Kier alpha value is -2.21. The molecule has 2 rings (SSSR count). The van der Waals surface area contributed by atoms with E-state index in [4.69, 9.17) is 5.84 Å². The third-order valence-corrected chi connectivity index (χ3v) is 3.44. The summed E-state index contributed by atoms with van der Waals surface area (Å²) in [7, 11) is 0. The highest BCUT2D eigenvalue weighted by atomic mass is 16.2. The van der Waals surface area contributed by atoms with E-state index < -0.39 is 0 Å². The Labute approximate surface area is 124 Å². The molecule has 1 aromatic heterocycles. The van der Waals surface area contributed by atoms with E-state index in [1.165, 1.54) is 0 Å². The Kier molecular flexibility index (Phi) is 5.05. The number of nitrogens with one attached hydrogen (secondary N) is 1. The van der Waals surface area contributed by atoms with Crippen molar-refractivity contribution in [3.63, 3.8) is 0 Å². The summed E-state index contributed by atoms with van der Waals surface area (Å²) in [6, 6.07) is 9.58. The van der Waals surface area contributed by atoms with E-state index >= 15 is 0 Å². The second kappa shape index (κ2) is 6.99. The van der Waals surface area contributed by atoms with Gasteiger partial charge >= 0.3 is 0 Å². The molecule has 0 saturated carbocycles. The van der Waals surface area contributed by atoms with Crippen molar-refractivity contribution >= 4 is 5.91 Å². The molecule has 0 saturated heterocycles. The number of hydrogen-bond acceptors (Lipinski definition) is 4. The molecule has 0 fully saturated rings. The molecule has 6 nitrogen and oxygen atoms in total. The molecule has 0 bridgehead atoms. The quantitative estimate of drug-likeness (QED) is 0.474. The lowest BCUT2D eigenvalue weighted by Gasteiger charge is -2.16. The van der Waals surface area contributed by atoms with Crippen LogP contribution < -0.4 is 11.3 Å². The molecule has 3 N–H and O–H groups in total. The van der Waals surface area contributed by atoms with Crippen LogP contribution in [0.15, 0.2) is 30.3 Å². The van der Waals surface area contributed by atoms with Crippen LogP contribution in [0.4, 0.5) is 0 Å². The van der Waals surface area contributed by atoms with E-state index in [2.05, 4.69) is 15.5 Å². The maximum atomic E-state index is 12.1. The molecule has 2 aromatic rings. The zero-order chi connectivity index (χ0) is 15.2. The Bertz CT molecular complexity index is 593. The average Bonchev–Trinajstić information content (AvgIpc) is 2.95. The molecular formula is C15H21N5O. The molecule has 1 unspecified atom stereocenters. The predicted molar refractivity (Wildman–Crippen MR) is 80.3 cm³/mol. The summed E-state index contributed by atoms with van der Waals surface area (Å²) in [5, 5.41) is 4.47. The number of hydrazine groups is 1. The number of amides is 1. The fourth-order valence-electron chi connectivity index (χ4n) is 2.28. The predicted octanol–water partition coefficient (Wildman–Crippen LogP) is 1.18. The van der Waals surface area contributed by atoms with Crippen LogP contribution in [-0.2, 0) is 24.2 Å². The van der Waals surface area contributed by atoms with E-state index in [1.54, 1.807) is 0 Å². The van der Waals surface area contributed by atoms with Crippen LogP contribution in [-0.4, -0.2) is 20.7 Å². The SMILES string of the molecule is CCc1nc(CC)n(CC(C(=O)NN)c2ccccc2)n1. The smallest absolute Gasteiger partial charge is 0.243 e. The lowest BCUT2D eigenvalue weighted by molar-refractivity contribution is -0.123. The van der Waals surface area contributed by atoms with Crippen molar-refractivity contribution in [3.8, 4) is 0 Å². The van der Waals surface area contributed by atoms with Gasteiger partial charge in [-0.1, -0.05) is 44.2 Å². The van der Waals surface area contributed by atoms with Gasteiger partial charge < -0.3 is 0 Å². The first-order valence-electron chi connectivity index (χ1n) is 7.17. The number of nitrogens with two attached hydrogens (primary N) is 1. The highest BCUT2D eigenvalue weighted by molar-refractivity contribution is 5.82. The molecule has 21 heavy (non-hydrogen) atoms. The molecular weight excluding hydrogens is 266 g/mol. The van der Waals surface area contributed by atoms with Gasteiger partial charge in [-0.2, -0.15) is 5.10 Å². The number of nitrogens with zero attached hydrogens (tertiary/aromatic N) is 3. The van der Waals surface area contributed by atoms with E-state index in [-0.39, 0.29) is 11.8 Å². The Morgan fingerprint density at radius 3 is 2.57 bits per heavy atom. The lowest BCUT2D eigenvalue weighted by Crippen LogP contribution is -2.36. The molecule has 1 amide bonds. The number of carbonyl (C=O) groups excluding carboxylic acids is 1. The second-order valence-electron chi connectivity index (χ2n) is 4.81. The van der Waals surface area contributed by atoms with Crippen LogP contribution in [0.25, 0.3) is 0 Å². The molecule has 0 aliphatic carbocycles. The average molecular weight is 287 g/mol. The Balaban J connectivity index is 2.31. The maximum Gasteiger partial charge on any atom is 0.243 e. The largest absolute Gasteiger partial charge is 0.294 e. The number of aryl methyl sites for hydroxylation is 2. The number of hydrogen-bond donors (Lipinski definition) is 2. The van der Waals surface area contributed by atoms with Gasteiger partial charge in [0, 0.05) is 12.8 Å². The molecule has 1 aromatic carbocycles. The molecule has 1 atom stereocenters. The highest BCUT2D eigenvalue weighted by Crippen LogP contribution is 2.18. The minimum atomic E-state index is -0.382. The molecule has 112 valence electrons. The van der Waals surface area contributed by atoms with Gasteiger partial charge in [-0.3, -0.25) is 10.2 Å². The number of aromatic nitrogens is 3. The third kappa shape index (κ3) is 3.46. The molecule has 0 radical (unpaired) electrons. The minimum absolute atomic E-state index is 0.225. The molecule has 0 spiro atoms. The summed E-state index contributed by atoms with van der Waals surface area (Å²) in [6.45, 7) is 4.48. The van der Waals surface area contributed by atoms with E-state index in [0.717, 1.165) is 30.1 Å². The molecule has 0 aliphatic rings. The normalized spacial score (nSPS) is 12.1. The summed E-state index contributed by atoms with van der Waals surface area (Å²) in [6.07, 6.45) is 1.55. The van der Waals surface area contributed by atoms with Crippen LogP contribution in [0.3, 0.4) is 0 Å². The van der Waals surface area contributed by atoms with Gasteiger partial charge in [0.2, 0.25) is 5.91 Å². The van der Waals surface area contributed by atoms with Crippen molar-refractivity contribution in [2.45, 2.75) is 39.2 Å². The van der Waals surface area contributed by atoms with Crippen LogP contribution in [0.1, 0.15) is 37.0 Å². The van der Waals surface area contributed by atoms with Crippen LogP contribution in [0.2, 0.25) is 0 Å². The van der Waals surface area contributed by atoms with Crippen molar-refractivity contribution < 1.29 is 4.79 Å². The molecule has 0 aliphatic heterocycles. The van der Waals surface area contributed by atoms with Crippen molar-refractivity contribution in [2.75, 3.05) is 0 Å². The standard InChI is InChI=1S/C15H21N5O/c1-3-13-17-14(4-2)20(19-13)10-12(15(21)18-16)11-8-6-5-7-9-11/h5-9,12H,3-4,10,16H2,1-2H3,(H,18,21). The summed E-state index contributed by atoms with van der Waals surface area (Å²) >= 11 is 0. The third-order valence-electron chi connectivity index (χ3n) is 3.44. The van der Waals surface area contributed by atoms with Gasteiger partial charge in [0.1, 0.15) is 5.82 Å². The van der Waals surface area contributed by atoms with Gasteiger partial charge in [0.05, 0.1) is 12.5 Å². The van der Waals surface area contributed by atoms with Crippen LogP contribution in [0.5, 0.6) is 0 Å². The highest BCUT2D eigenvalue weighted by Gasteiger charge is 2.22. The van der Waals surface area contributed by atoms with E-state index in [0.29, 0.717) is 6.54 Å². The van der Waals surface area contributed by atoms with Gasteiger partial charge in [-0.25, -0.2) is 15.5 Å². The first-order valence-corrected chi connectivity index (χ1v) is 7.17. The lowest BCUT2D eigenvalue weighted by atomic mass is 9.98. The fourth-order valence-corrected chi connectivity index (χ4v) is 2.28. The molecule has 1 heterocycles. The zero-order valence-corrected chi connectivity index (χ0v) is 12.4. The minimum Gasteiger partial charge on any atom is -0.294 e. The number of rotatable bonds is 6. The van der Waals surface area contributed by atoms with Crippen LogP contribution >= 0.6 is 0 Å². The Morgan fingerprint density at radius 1 is 1.29 bits per heavy atom. The van der Waals surface area contributed by atoms with Crippen molar-refractivity contribution in [1.29, 1.82) is 0 Å². The van der Waals surface area contributed by atoms with Gasteiger partial charge in [0.25, 0.3) is 0 Å². The van der Waals surface area contributed by atoms with Crippen molar-refractivity contribution in [3.05, 3.63) is 47.5 Å². The van der Waals surface area contributed by atoms with Gasteiger partial charge in [-0.05, 0) is 5.56 Å². The summed E-state index contributed by atoms with van der Waals surface area (Å²) in [4.78, 5) is 16.6. The molecule has 6 heteroatoms. The summed E-state index contributed by atoms with van der Waals surface area (Å²) < 4.78 is 1.81. The first-order chi connectivity index (χ1) is 10.2. The summed E-state index contributed by atoms with van der Waals surface area (Å²) in [5.41, 5.74) is 3.15. The second-order valence-corrected chi connectivity index (χ2v) is 4.81. The maximum absolute atomic E-state index is 12.1. The van der Waals surface area contributed by atoms with Gasteiger partial charge in [-0.15, -0.1) is 0 Å². The topological polar surface area (TPSA) is 85.8 Å².